The minimum absolute atomic E-state index is 0.0481. The van der Waals surface area contributed by atoms with Crippen LogP contribution in [0.15, 0.2) is 89.5 Å². The zero-order chi connectivity index (χ0) is 32.3. The fraction of sp³-hybridized carbons (Fsp3) is 0.395. The molecule has 0 bridgehead atoms. The van der Waals surface area contributed by atoms with Crippen LogP contribution in [0.2, 0.25) is 0 Å². The molecule has 2 heterocycles. The van der Waals surface area contributed by atoms with Crippen molar-refractivity contribution in [2.24, 2.45) is 5.92 Å². The lowest BCUT2D eigenvalue weighted by Crippen LogP contribution is -2.31. The second-order valence-electron chi connectivity index (χ2n) is 12.3. The van der Waals surface area contributed by atoms with Gasteiger partial charge in [0.2, 0.25) is 0 Å². The highest BCUT2D eigenvalue weighted by molar-refractivity contribution is 7.99. The maximum Gasteiger partial charge on any atom is 0.251 e. The molecular weight excluding hydrogens is 593 g/mol. The first kappa shape index (κ1) is 33.6. The number of hydrogen-bond acceptors (Lipinski definition) is 7. The number of hydrazine groups is 1. The summed E-state index contributed by atoms with van der Waals surface area (Å²) in [5, 5.41) is 7.53. The molecule has 8 heteroatoms. The van der Waals surface area contributed by atoms with E-state index in [0.29, 0.717) is 25.6 Å². The Morgan fingerprint density at radius 3 is 2.48 bits per heavy atom. The largest absolute Gasteiger partial charge is 0.491 e. The Bertz CT molecular complexity index is 1490. The first-order valence-corrected chi connectivity index (χ1v) is 17.5. The fourth-order valence-corrected chi connectivity index (χ4v) is 6.49. The first-order valence-electron chi connectivity index (χ1n) is 16.5. The highest BCUT2D eigenvalue weighted by atomic mass is 32.2. The molecular formula is C38H48N4O3S. The van der Waals surface area contributed by atoms with Crippen molar-refractivity contribution in [3.8, 4) is 16.9 Å². The zero-order valence-corrected chi connectivity index (χ0v) is 28.5. The van der Waals surface area contributed by atoms with Gasteiger partial charge in [0.05, 0.1) is 12.5 Å². The molecule has 1 N–H and O–H groups in total. The summed E-state index contributed by atoms with van der Waals surface area (Å²) in [6, 6.07) is 22.9. The van der Waals surface area contributed by atoms with Gasteiger partial charge in [-0.2, -0.15) is 0 Å². The van der Waals surface area contributed by atoms with Crippen molar-refractivity contribution in [3.63, 3.8) is 0 Å². The summed E-state index contributed by atoms with van der Waals surface area (Å²) in [7, 11) is 2.06. The average Bonchev–Trinajstić information content (AvgIpc) is 3.38. The van der Waals surface area contributed by atoms with Gasteiger partial charge in [0.25, 0.3) is 5.91 Å². The van der Waals surface area contributed by atoms with Crippen LogP contribution in [0.25, 0.3) is 17.2 Å². The van der Waals surface area contributed by atoms with Crippen molar-refractivity contribution < 1.29 is 14.3 Å². The molecule has 2 aliphatic heterocycles. The number of hydrogen-bond donors (Lipinski definition) is 1. The van der Waals surface area contributed by atoms with Crippen molar-refractivity contribution in [1.29, 1.82) is 0 Å². The summed E-state index contributed by atoms with van der Waals surface area (Å²) in [6.07, 6.45) is 9.22. The van der Waals surface area contributed by atoms with Gasteiger partial charge in [0, 0.05) is 61.3 Å². The summed E-state index contributed by atoms with van der Waals surface area (Å²) < 4.78 is 11.5. The van der Waals surface area contributed by atoms with E-state index < -0.39 is 0 Å². The molecule has 0 atom stereocenters. The molecule has 0 saturated carbocycles. The molecule has 0 saturated heterocycles. The Labute approximate surface area is 279 Å². The van der Waals surface area contributed by atoms with E-state index >= 15 is 0 Å². The van der Waals surface area contributed by atoms with Crippen molar-refractivity contribution in [1.82, 2.24) is 10.0 Å². The molecule has 1 amide bonds. The lowest BCUT2D eigenvalue weighted by molar-refractivity contribution is -0.112. The van der Waals surface area contributed by atoms with Crippen LogP contribution in [-0.4, -0.2) is 68.3 Å². The number of thioether (sulfide) groups is 1. The van der Waals surface area contributed by atoms with E-state index in [0.717, 1.165) is 78.7 Å². The summed E-state index contributed by atoms with van der Waals surface area (Å²) in [5.41, 5.74) is 6.06. The monoisotopic (exact) mass is 640 g/mol. The van der Waals surface area contributed by atoms with E-state index in [1.54, 1.807) is 11.8 Å². The van der Waals surface area contributed by atoms with Gasteiger partial charge in [0.1, 0.15) is 12.4 Å². The van der Waals surface area contributed by atoms with Gasteiger partial charge in [-0.3, -0.25) is 4.79 Å². The van der Waals surface area contributed by atoms with Gasteiger partial charge in [-0.25, -0.2) is 5.01 Å². The average molecular weight is 641 g/mol. The molecule has 2 aliphatic rings. The number of rotatable bonds is 15. The van der Waals surface area contributed by atoms with Crippen molar-refractivity contribution >= 4 is 35.1 Å². The number of fused-ring (bicyclic) bond motifs is 1. The third-order valence-corrected chi connectivity index (χ3v) is 9.16. The molecule has 46 heavy (non-hydrogen) atoms. The molecule has 0 aliphatic carbocycles. The molecule has 0 radical (unpaired) electrons. The quantitative estimate of drug-likeness (QED) is 0.133. The minimum Gasteiger partial charge on any atom is -0.491 e. The number of amides is 1. The first-order chi connectivity index (χ1) is 22.4. The van der Waals surface area contributed by atoms with Gasteiger partial charge >= 0.3 is 0 Å². The number of nitrogens with one attached hydrogen (secondary N) is 1. The van der Waals surface area contributed by atoms with Crippen LogP contribution in [-0.2, 0) is 9.53 Å². The van der Waals surface area contributed by atoms with Gasteiger partial charge in [-0.05, 0) is 90.1 Å². The van der Waals surface area contributed by atoms with E-state index in [2.05, 4.69) is 109 Å². The number of nitrogens with zero attached hydrogens (tertiary/aromatic N) is 3. The molecule has 244 valence electrons. The molecule has 3 aromatic rings. The van der Waals surface area contributed by atoms with Crippen molar-refractivity contribution in [2.75, 3.05) is 62.6 Å². The number of ether oxygens (including phenoxy) is 2. The van der Waals surface area contributed by atoms with Crippen LogP contribution in [0.3, 0.4) is 0 Å². The van der Waals surface area contributed by atoms with Gasteiger partial charge in [-0.1, -0.05) is 51.5 Å². The third kappa shape index (κ3) is 9.41. The van der Waals surface area contributed by atoms with Gasteiger partial charge in [0.15, 0.2) is 0 Å². The van der Waals surface area contributed by atoms with Crippen LogP contribution in [0.5, 0.6) is 5.75 Å². The molecule has 3 aromatic carbocycles. The molecule has 7 nitrogen and oxygen atoms in total. The standard InChI is InChI=1S/C38H48N4O3S/c1-5-6-22-44-23-24-45-35-13-8-30(9-14-35)31-10-17-37-33(25-31)26-32(18-21-41(37)27-29(2)3)38(43)39-34-11-15-36(16-12-34)46-28-42-20-7-19-40(42)4/h7-17,19,25-26,29H,5-6,18,20-24,27-28H2,1-4H3,(H,39,43). The van der Waals surface area contributed by atoms with Crippen LogP contribution >= 0.6 is 11.8 Å². The lowest BCUT2D eigenvalue weighted by Gasteiger charge is -2.27. The zero-order valence-electron chi connectivity index (χ0n) is 27.7. The SMILES string of the molecule is CCCCOCCOc1ccc(-c2ccc3c(c2)C=C(C(=O)Nc2ccc(SCN4CC=CN4C)cc2)CCN3CC(C)C)cc1. The molecule has 0 unspecified atom stereocenters. The summed E-state index contributed by atoms with van der Waals surface area (Å²) in [6.45, 7) is 11.2. The fourth-order valence-electron chi connectivity index (χ4n) is 5.58. The second kappa shape index (κ2) is 16.7. The summed E-state index contributed by atoms with van der Waals surface area (Å²) in [4.78, 5) is 17.2. The molecule has 5 rings (SSSR count). The number of benzene rings is 3. The van der Waals surface area contributed by atoms with Crippen molar-refractivity contribution in [3.05, 3.63) is 90.1 Å². The molecule has 0 spiro atoms. The summed E-state index contributed by atoms with van der Waals surface area (Å²) in [5.74, 6) is 2.17. The minimum atomic E-state index is -0.0481. The Hall–Kier alpha value is -3.72. The van der Waals surface area contributed by atoms with E-state index in [1.165, 1.54) is 10.6 Å². The number of anilines is 2. The van der Waals surface area contributed by atoms with Crippen LogP contribution in [0.1, 0.15) is 45.6 Å². The highest BCUT2D eigenvalue weighted by Gasteiger charge is 2.21. The van der Waals surface area contributed by atoms with E-state index in [9.17, 15) is 4.79 Å². The van der Waals surface area contributed by atoms with Gasteiger partial charge < -0.3 is 24.7 Å². The predicted octanol–water partition coefficient (Wildman–Crippen LogP) is 8.16. The van der Waals surface area contributed by atoms with Crippen molar-refractivity contribution in [2.45, 2.75) is 44.9 Å². The Morgan fingerprint density at radius 2 is 1.76 bits per heavy atom. The van der Waals surface area contributed by atoms with E-state index in [-0.39, 0.29) is 5.91 Å². The molecule has 0 fully saturated rings. The number of carbonyl (C=O) groups excluding carboxylic acids is 1. The van der Waals surface area contributed by atoms with Crippen LogP contribution in [0.4, 0.5) is 11.4 Å². The smallest absolute Gasteiger partial charge is 0.251 e. The maximum atomic E-state index is 13.6. The Kier molecular flexibility index (Phi) is 12.2. The predicted molar refractivity (Wildman–Crippen MR) is 192 cm³/mol. The third-order valence-electron chi connectivity index (χ3n) is 8.13. The Morgan fingerprint density at radius 1 is 0.978 bits per heavy atom. The topological polar surface area (TPSA) is 57.3 Å². The highest BCUT2D eigenvalue weighted by Crippen LogP contribution is 2.34. The maximum absolute atomic E-state index is 13.6. The van der Waals surface area contributed by atoms with E-state index in [1.807, 2.05) is 24.3 Å². The Balaban J connectivity index is 1.26. The number of carbonyl (C=O) groups is 1. The normalized spacial score (nSPS) is 14.8. The summed E-state index contributed by atoms with van der Waals surface area (Å²) >= 11 is 1.79. The lowest BCUT2D eigenvalue weighted by atomic mass is 10.00. The second-order valence-corrected chi connectivity index (χ2v) is 13.3. The van der Waals surface area contributed by atoms with Crippen LogP contribution in [0, 0.1) is 5.92 Å². The number of unbranched alkanes of at least 4 members (excludes halogenated alkanes) is 1. The van der Waals surface area contributed by atoms with E-state index in [4.69, 9.17) is 9.47 Å². The van der Waals surface area contributed by atoms with Crippen LogP contribution < -0.4 is 15.0 Å². The van der Waals surface area contributed by atoms with Gasteiger partial charge in [-0.15, -0.1) is 11.8 Å². The molecule has 0 aromatic heterocycles.